The van der Waals surface area contributed by atoms with Gasteiger partial charge in [0.2, 0.25) is 0 Å². The van der Waals surface area contributed by atoms with Gasteiger partial charge in [0.05, 0.1) is 18.8 Å². The molecule has 1 atom stereocenters. The number of nitrogens with one attached hydrogen (secondary N) is 2. The number of rotatable bonds is 9. The molecular weight excluding hydrogens is 451 g/mol. The predicted octanol–water partition coefficient (Wildman–Crippen LogP) is 3.56. The molecule has 27 heavy (non-hydrogen) atoms. The second kappa shape index (κ2) is 13.4. The first-order valence-electron chi connectivity index (χ1n) is 10.3. The van der Waals surface area contributed by atoms with Crippen LogP contribution in [0.15, 0.2) is 17.4 Å². The molecule has 0 amide bonds. The van der Waals surface area contributed by atoms with Crippen molar-refractivity contribution in [2.75, 3.05) is 33.7 Å². The number of guanidine groups is 1. The Morgan fingerprint density at radius 3 is 2.63 bits per heavy atom. The second-order valence-electron chi connectivity index (χ2n) is 7.72. The lowest BCUT2D eigenvalue weighted by Gasteiger charge is -2.23. The molecule has 1 heterocycles. The zero-order valence-corrected chi connectivity index (χ0v) is 19.9. The van der Waals surface area contributed by atoms with Crippen molar-refractivity contribution in [2.45, 2.75) is 57.9 Å². The number of halogens is 1. The molecule has 6 nitrogen and oxygen atoms in total. The SMILES string of the molecule is CCNC(=NCC(c1cnn(C)c1)N(C)C)NCCCC1CCCCC1.I. The molecule has 156 valence electrons. The molecule has 2 N–H and O–H groups in total. The van der Waals surface area contributed by atoms with Crippen LogP contribution in [-0.4, -0.2) is 54.4 Å². The summed E-state index contributed by atoms with van der Waals surface area (Å²) in [6.45, 7) is 4.72. The maximum Gasteiger partial charge on any atom is 0.191 e. The molecule has 1 fully saturated rings. The Morgan fingerprint density at radius 2 is 2.04 bits per heavy atom. The molecule has 1 saturated carbocycles. The van der Waals surface area contributed by atoms with Crippen molar-refractivity contribution in [3.05, 3.63) is 18.0 Å². The Bertz CT molecular complexity index is 536. The molecule has 0 radical (unpaired) electrons. The third-order valence-corrected chi connectivity index (χ3v) is 5.31. The van der Waals surface area contributed by atoms with Crippen molar-refractivity contribution in [1.82, 2.24) is 25.3 Å². The summed E-state index contributed by atoms with van der Waals surface area (Å²) < 4.78 is 1.85. The fraction of sp³-hybridized carbons (Fsp3) is 0.800. The van der Waals surface area contributed by atoms with Crippen LogP contribution in [0.25, 0.3) is 0 Å². The van der Waals surface area contributed by atoms with E-state index >= 15 is 0 Å². The molecular formula is C20H39IN6. The van der Waals surface area contributed by atoms with Gasteiger partial charge in [-0.1, -0.05) is 32.1 Å². The Kier molecular flexibility index (Phi) is 12.0. The number of hydrogen-bond acceptors (Lipinski definition) is 3. The molecule has 1 aromatic rings. The van der Waals surface area contributed by atoms with E-state index in [4.69, 9.17) is 4.99 Å². The second-order valence-corrected chi connectivity index (χ2v) is 7.72. The largest absolute Gasteiger partial charge is 0.357 e. The Morgan fingerprint density at radius 1 is 1.30 bits per heavy atom. The van der Waals surface area contributed by atoms with E-state index in [0.717, 1.165) is 31.5 Å². The van der Waals surface area contributed by atoms with Crippen LogP contribution in [0.1, 0.15) is 63.5 Å². The van der Waals surface area contributed by atoms with E-state index in [2.05, 4.69) is 47.8 Å². The summed E-state index contributed by atoms with van der Waals surface area (Å²) in [6, 6.07) is 0.237. The fourth-order valence-electron chi connectivity index (χ4n) is 3.77. The molecule has 1 unspecified atom stereocenters. The highest BCUT2D eigenvalue weighted by Crippen LogP contribution is 2.26. The van der Waals surface area contributed by atoms with Gasteiger partial charge in [-0.2, -0.15) is 5.10 Å². The quantitative estimate of drug-likeness (QED) is 0.241. The zero-order valence-electron chi connectivity index (χ0n) is 17.6. The predicted molar refractivity (Wildman–Crippen MR) is 125 cm³/mol. The van der Waals surface area contributed by atoms with Crippen molar-refractivity contribution in [1.29, 1.82) is 0 Å². The molecule has 1 aliphatic carbocycles. The lowest BCUT2D eigenvalue weighted by Crippen LogP contribution is -2.38. The van der Waals surface area contributed by atoms with Crippen LogP contribution in [0.3, 0.4) is 0 Å². The summed E-state index contributed by atoms with van der Waals surface area (Å²) in [5.41, 5.74) is 1.20. The Hall–Kier alpha value is -0.830. The number of aliphatic imine (C=N–C) groups is 1. The normalized spacial score (nSPS) is 16.9. The first-order chi connectivity index (χ1) is 12.6. The van der Waals surface area contributed by atoms with Crippen LogP contribution in [0.5, 0.6) is 0 Å². The number of aryl methyl sites for hydroxylation is 1. The molecule has 0 saturated heterocycles. The highest BCUT2D eigenvalue weighted by Gasteiger charge is 2.16. The van der Waals surface area contributed by atoms with Crippen molar-refractivity contribution >= 4 is 29.9 Å². The lowest BCUT2D eigenvalue weighted by atomic mass is 9.86. The molecule has 0 aliphatic heterocycles. The molecule has 2 rings (SSSR count). The summed E-state index contributed by atoms with van der Waals surface area (Å²) in [4.78, 5) is 7.02. The highest BCUT2D eigenvalue weighted by molar-refractivity contribution is 14.0. The molecule has 7 heteroatoms. The third kappa shape index (κ3) is 8.81. The zero-order chi connectivity index (χ0) is 18.8. The minimum atomic E-state index is 0. The maximum atomic E-state index is 4.82. The van der Waals surface area contributed by atoms with E-state index in [-0.39, 0.29) is 30.0 Å². The van der Waals surface area contributed by atoms with Gasteiger partial charge in [-0.05, 0) is 39.8 Å². The lowest BCUT2D eigenvalue weighted by molar-refractivity contribution is 0.306. The molecule has 0 aromatic carbocycles. The Labute approximate surface area is 182 Å². The third-order valence-electron chi connectivity index (χ3n) is 5.31. The first kappa shape index (κ1) is 24.2. The summed E-state index contributed by atoms with van der Waals surface area (Å²) in [6.07, 6.45) is 13.8. The number of nitrogens with zero attached hydrogens (tertiary/aromatic N) is 4. The monoisotopic (exact) mass is 490 g/mol. The number of likely N-dealkylation sites (N-methyl/N-ethyl adjacent to an activating group) is 1. The van der Waals surface area contributed by atoms with Gasteiger partial charge in [-0.25, -0.2) is 0 Å². The number of aromatic nitrogens is 2. The van der Waals surface area contributed by atoms with E-state index in [0.29, 0.717) is 0 Å². The summed E-state index contributed by atoms with van der Waals surface area (Å²) >= 11 is 0. The van der Waals surface area contributed by atoms with E-state index < -0.39 is 0 Å². The highest BCUT2D eigenvalue weighted by atomic mass is 127. The average Bonchev–Trinajstić information content (AvgIpc) is 3.05. The van der Waals surface area contributed by atoms with E-state index in [1.54, 1.807) is 0 Å². The van der Waals surface area contributed by atoms with Crippen molar-refractivity contribution in [3.63, 3.8) is 0 Å². The molecule has 1 aromatic heterocycles. The van der Waals surface area contributed by atoms with Crippen LogP contribution in [0.2, 0.25) is 0 Å². The average molecular weight is 490 g/mol. The standard InChI is InChI=1S/C20H38N6.HI/c1-5-21-20(22-13-9-12-17-10-7-6-8-11-17)23-15-19(25(2)3)18-14-24-26(4)16-18;/h14,16-17,19H,5-13,15H2,1-4H3,(H2,21,22,23);1H. The van der Waals surface area contributed by atoms with Crippen LogP contribution in [0, 0.1) is 5.92 Å². The molecule has 1 aliphatic rings. The van der Waals surface area contributed by atoms with Gasteiger partial charge < -0.3 is 15.5 Å². The summed E-state index contributed by atoms with van der Waals surface area (Å²) in [5.74, 6) is 1.88. The maximum absolute atomic E-state index is 4.82. The van der Waals surface area contributed by atoms with Gasteiger partial charge in [0.25, 0.3) is 0 Å². The molecule has 0 bridgehead atoms. The number of hydrogen-bond donors (Lipinski definition) is 2. The van der Waals surface area contributed by atoms with Crippen molar-refractivity contribution in [3.8, 4) is 0 Å². The fourth-order valence-corrected chi connectivity index (χ4v) is 3.77. The molecule has 0 spiro atoms. The van der Waals surface area contributed by atoms with E-state index in [1.807, 2.05) is 17.9 Å². The van der Waals surface area contributed by atoms with Gasteiger partial charge in [0, 0.05) is 31.9 Å². The smallest absolute Gasteiger partial charge is 0.191 e. The van der Waals surface area contributed by atoms with E-state index in [1.165, 1.54) is 50.5 Å². The Balaban J connectivity index is 0.00000364. The van der Waals surface area contributed by atoms with Crippen molar-refractivity contribution in [2.24, 2.45) is 18.0 Å². The van der Waals surface area contributed by atoms with Crippen LogP contribution in [0.4, 0.5) is 0 Å². The van der Waals surface area contributed by atoms with Gasteiger partial charge >= 0.3 is 0 Å². The minimum Gasteiger partial charge on any atom is -0.357 e. The van der Waals surface area contributed by atoms with Crippen LogP contribution in [-0.2, 0) is 7.05 Å². The first-order valence-corrected chi connectivity index (χ1v) is 10.3. The van der Waals surface area contributed by atoms with Crippen LogP contribution >= 0.6 is 24.0 Å². The van der Waals surface area contributed by atoms with Gasteiger partial charge in [0.15, 0.2) is 5.96 Å². The van der Waals surface area contributed by atoms with Gasteiger partial charge in [0.1, 0.15) is 0 Å². The van der Waals surface area contributed by atoms with Gasteiger partial charge in [-0.15, -0.1) is 24.0 Å². The minimum absolute atomic E-state index is 0. The summed E-state index contributed by atoms with van der Waals surface area (Å²) in [7, 11) is 6.15. The van der Waals surface area contributed by atoms with E-state index in [9.17, 15) is 0 Å². The van der Waals surface area contributed by atoms with Crippen molar-refractivity contribution < 1.29 is 0 Å². The van der Waals surface area contributed by atoms with Gasteiger partial charge in [-0.3, -0.25) is 9.67 Å². The topological polar surface area (TPSA) is 57.5 Å². The van der Waals surface area contributed by atoms with Crippen LogP contribution < -0.4 is 10.6 Å². The summed E-state index contributed by atoms with van der Waals surface area (Å²) in [5, 5.41) is 11.2.